The van der Waals surface area contributed by atoms with Crippen molar-refractivity contribution in [2.75, 3.05) is 12.3 Å². The summed E-state index contributed by atoms with van der Waals surface area (Å²) in [6.45, 7) is 5.89. The number of nitrogen functional groups attached to an aromatic ring is 1. The van der Waals surface area contributed by atoms with Crippen molar-refractivity contribution in [1.29, 1.82) is 0 Å². The minimum Gasteiger partial charge on any atom is -0.398 e. The Morgan fingerprint density at radius 1 is 1.85 bits per heavy atom. The lowest BCUT2D eigenvalue weighted by Gasteiger charge is -1.96. The maximum Gasteiger partial charge on any atom is 0.261 e. The highest BCUT2D eigenvalue weighted by Crippen LogP contribution is 2.22. The van der Waals surface area contributed by atoms with E-state index < -0.39 is 0 Å². The first kappa shape index (κ1) is 9.80. The standard InChI is InChI=1S/C9H12N2OS/c1-3-4-11-9(12)8-5-7(10)6(2)13-8/h3,5H,1,4,10H2,2H3,(H,11,12). The fourth-order valence-corrected chi connectivity index (χ4v) is 1.72. The van der Waals surface area contributed by atoms with Crippen LogP contribution in [-0.4, -0.2) is 12.5 Å². The Balaban J connectivity index is 2.71. The molecule has 1 heterocycles. The van der Waals surface area contributed by atoms with Crippen LogP contribution in [0.15, 0.2) is 18.7 Å². The molecule has 70 valence electrons. The molecule has 1 rings (SSSR count). The van der Waals surface area contributed by atoms with Gasteiger partial charge in [-0.3, -0.25) is 4.79 Å². The Labute approximate surface area is 81.3 Å². The molecule has 0 aliphatic heterocycles. The third-order valence-electron chi connectivity index (χ3n) is 1.59. The molecule has 0 unspecified atom stereocenters. The van der Waals surface area contributed by atoms with E-state index in [4.69, 9.17) is 5.73 Å². The second kappa shape index (κ2) is 4.09. The van der Waals surface area contributed by atoms with Crippen LogP contribution in [0.4, 0.5) is 5.69 Å². The highest BCUT2D eigenvalue weighted by Gasteiger charge is 2.09. The number of nitrogens with one attached hydrogen (secondary N) is 1. The summed E-state index contributed by atoms with van der Waals surface area (Å²) in [5, 5.41) is 2.69. The van der Waals surface area contributed by atoms with Gasteiger partial charge in [0.1, 0.15) is 0 Å². The first-order valence-corrected chi connectivity index (χ1v) is 4.71. The van der Waals surface area contributed by atoms with Gasteiger partial charge in [0.25, 0.3) is 5.91 Å². The molecular formula is C9H12N2OS. The number of hydrogen-bond donors (Lipinski definition) is 2. The van der Waals surface area contributed by atoms with Crippen LogP contribution in [0.5, 0.6) is 0 Å². The van der Waals surface area contributed by atoms with Gasteiger partial charge in [0, 0.05) is 17.1 Å². The predicted octanol–water partition coefficient (Wildman–Crippen LogP) is 1.55. The van der Waals surface area contributed by atoms with E-state index in [2.05, 4.69) is 11.9 Å². The number of thiophene rings is 1. The molecule has 0 aromatic carbocycles. The second-order valence-electron chi connectivity index (χ2n) is 2.62. The summed E-state index contributed by atoms with van der Waals surface area (Å²) in [5.41, 5.74) is 6.29. The molecule has 0 fully saturated rings. The molecule has 0 spiro atoms. The van der Waals surface area contributed by atoms with Gasteiger partial charge >= 0.3 is 0 Å². The molecular weight excluding hydrogens is 184 g/mol. The zero-order chi connectivity index (χ0) is 9.84. The highest BCUT2D eigenvalue weighted by molar-refractivity contribution is 7.14. The van der Waals surface area contributed by atoms with Crippen LogP contribution in [0.2, 0.25) is 0 Å². The maximum absolute atomic E-state index is 11.4. The van der Waals surface area contributed by atoms with E-state index in [0.717, 1.165) is 4.88 Å². The fourth-order valence-electron chi connectivity index (χ4n) is 0.860. The average molecular weight is 196 g/mol. The lowest BCUT2D eigenvalue weighted by molar-refractivity contribution is 0.0962. The van der Waals surface area contributed by atoms with Gasteiger partial charge in [-0.1, -0.05) is 6.08 Å². The van der Waals surface area contributed by atoms with Crippen molar-refractivity contribution in [3.05, 3.63) is 28.5 Å². The normalized spacial score (nSPS) is 9.62. The van der Waals surface area contributed by atoms with Crippen LogP contribution in [0, 0.1) is 6.92 Å². The summed E-state index contributed by atoms with van der Waals surface area (Å²) in [6.07, 6.45) is 1.64. The summed E-state index contributed by atoms with van der Waals surface area (Å²) in [5.74, 6) is -0.0929. The van der Waals surface area contributed by atoms with Crippen LogP contribution in [-0.2, 0) is 0 Å². The molecule has 0 saturated heterocycles. The van der Waals surface area contributed by atoms with Gasteiger partial charge in [0.15, 0.2) is 0 Å². The predicted molar refractivity (Wildman–Crippen MR) is 56.0 cm³/mol. The Morgan fingerprint density at radius 3 is 3.00 bits per heavy atom. The monoisotopic (exact) mass is 196 g/mol. The van der Waals surface area contributed by atoms with E-state index in [-0.39, 0.29) is 5.91 Å². The number of rotatable bonds is 3. The largest absolute Gasteiger partial charge is 0.398 e. The molecule has 3 N–H and O–H groups in total. The van der Waals surface area contributed by atoms with E-state index in [1.165, 1.54) is 11.3 Å². The summed E-state index contributed by atoms with van der Waals surface area (Å²) in [7, 11) is 0. The second-order valence-corrected chi connectivity index (χ2v) is 3.88. The van der Waals surface area contributed by atoms with E-state index in [9.17, 15) is 4.79 Å². The first-order valence-electron chi connectivity index (χ1n) is 3.90. The van der Waals surface area contributed by atoms with E-state index in [0.29, 0.717) is 17.1 Å². The van der Waals surface area contributed by atoms with Gasteiger partial charge in [-0.05, 0) is 13.0 Å². The molecule has 13 heavy (non-hydrogen) atoms. The summed E-state index contributed by atoms with van der Waals surface area (Å²) < 4.78 is 0. The average Bonchev–Trinajstić information content (AvgIpc) is 2.43. The van der Waals surface area contributed by atoms with Crippen molar-refractivity contribution >= 4 is 22.9 Å². The van der Waals surface area contributed by atoms with Gasteiger partial charge in [-0.25, -0.2) is 0 Å². The van der Waals surface area contributed by atoms with Crippen molar-refractivity contribution < 1.29 is 4.79 Å². The smallest absolute Gasteiger partial charge is 0.261 e. The van der Waals surface area contributed by atoms with E-state index in [1.807, 2.05) is 6.92 Å². The third kappa shape index (κ3) is 2.32. The van der Waals surface area contributed by atoms with Crippen LogP contribution in [0.3, 0.4) is 0 Å². The molecule has 1 aromatic rings. The molecule has 0 aliphatic rings. The minimum absolute atomic E-state index is 0.0929. The Bertz CT molecular complexity index is 311. The molecule has 3 nitrogen and oxygen atoms in total. The summed E-state index contributed by atoms with van der Waals surface area (Å²) in [4.78, 5) is 13.0. The fraction of sp³-hybridized carbons (Fsp3) is 0.222. The molecule has 0 radical (unpaired) electrons. The van der Waals surface area contributed by atoms with Gasteiger partial charge in [-0.15, -0.1) is 17.9 Å². The van der Waals surface area contributed by atoms with E-state index >= 15 is 0 Å². The number of nitrogens with two attached hydrogens (primary N) is 1. The van der Waals surface area contributed by atoms with Gasteiger partial charge in [0.2, 0.25) is 0 Å². The zero-order valence-corrected chi connectivity index (χ0v) is 8.28. The molecule has 0 atom stereocenters. The van der Waals surface area contributed by atoms with Gasteiger partial charge in [-0.2, -0.15) is 0 Å². The summed E-state index contributed by atoms with van der Waals surface area (Å²) >= 11 is 1.40. The number of carbonyl (C=O) groups is 1. The Hall–Kier alpha value is -1.29. The topological polar surface area (TPSA) is 55.1 Å². The SMILES string of the molecule is C=CCNC(=O)c1cc(N)c(C)s1. The van der Waals surface area contributed by atoms with Crippen molar-refractivity contribution in [3.8, 4) is 0 Å². The maximum atomic E-state index is 11.4. The highest BCUT2D eigenvalue weighted by atomic mass is 32.1. The number of carbonyl (C=O) groups excluding carboxylic acids is 1. The lowest BCUT2D eigenvalue weighted by Crippen LogP contribution is -2.22. The first-order chi connectivity index (χ1) is 6.15. The van der Waals surface area contributed by atoms with Gasteiger partial charge in [0.05, 0.1) is 4.88 Å². The van der Waals surface area contributed by atoms with Crippen molar-refractivity contribution in [2.45, 2.75) is 6.92 Å². The molecule has 4 heteroatoms. The third-order valence-corrected chi connectivity index (χ3v) is 2.65. The number of aryl methyl sites for hydroxylation is 1. The lowest BCUT2D eigenvalue weighted by atomic mass is 10.3. The van der Waals surface area contributed by atoms with Crippen LogP contribution in [0.25, 0.3) is 0 Å². The number of anilines is 1. The van der Waals surface area contributed by atoms with Gasteiger partial charge < -0.3 is 11.1 Å². The van der Waals surface area contributed by atoms with Crippen LogP contribution in [0.1, 0.15) is 14.5 Å². The van der Waals surface area contributed by atoms with Crippen molar-refractivity contribution in [2.24, 2.45) is 0 Å². The Morgan fingerprint density at radius 2 is 2.54 bits per heavy atom. The van der Waals surface area contributed by atoms with Crippen LogP contribution < -0.4 is 11.1 Å². The van der Waals surface area contributed by atoms with E-state index in [1.54, 1.807) is 12.1 Å². The molecule has 1 aromatic heterocycles. The number of hydrogen-bond acceptors (Lipinski definition) is 3. The number of amides is 1. The van der Waals surface area contributed by atoms with Crippen molar-refractivity contribution in [3.63, 3.8) is 0 Å². The molecule has 0 aliphatic carbocycles. The minimum atomic E-state index is -0.0929. The Kier molecular flexibility index (Phi) is 3.08. The molecule has 0 saturated carbocycles. The molecule has 1 amide bonds. The van der Waals surface area contributed by atoms with Crippen molar-refractivity contribution in [1.82, 2.24) is 5.32 Å². The molecule has 0 bridgehead atoms. The summed E-state index contributed by atoms with van der Waals surface area (Å²) in [6, 6.07) is 1.69. The van der Waals surface area contributed by atoms with Crippen LogP contribution >= 0.6 is 11.3 Å². The quantitative estimate of drug-likeness (QED) is 0.721. The zero-order valence-electron chi connectivity index (χ0n) is 7.46.